The number of aromatic nitrogens is 4. The molecule has 1 N–H and O–H groups in total. The number of benzene rings is 1. The Morgan fingerprint density at radius 3 is 2.75 bits per heavy atom. The number of ether oxygens (including phenoxy) is 3. The number of fused-ring (bicyclic) bond motifs is 1. The first-order valence-electron chi connectivity index (χ1n) is 13.0. The maximum Gasteiger partial charge on any atom is 0.251 e. The summed E-state index contributed by atoms with van der Waals surface area (Å²) >= 11 is 0. The Balaban J connectivity index is 1.33. The summed E-state index contributed by atoms with van der Waals surface area (Å²) in [6.07, 6.45) is 3.17. The van der Waals surface area contributed by atoms with Crippen molar-refractivity contribution in [1.29, 1.82) is 0 Å². The van der Waals surface area contributed by atoms with E-state index in [1.807, 2.05) is 0 Å². The van der Waals surface area contributed by atoms with Crippen molar-refractivity contribution < 1.29 is 32.6 Å². The highest BCUT2D eigenvalue weighted by Crippen LogP contribution is 2.37. The monoisotopic (exact) mass is 548 g/mol. The fourth-order valence-corrected chi connectivity index (χ4v) is 4.72. The molecule has 0 saturated carbocycles. The van der Waals surface area contributed by atoms with Crippen molar-refractivity contribution in [2.45, 2.75) is 38.5 Å². The van der Waals surface area contributed by atoms with Crippen molar-refractivity contribution >= 4 is 17.5 Å². The molecule has 13 heteroatoms. The molecule has 2 aliphatic heterocycles. The molecule has 2 amide bonds. The number of amides is 2. The quantitative estimate of drug-likeness (QED) is 0.331. The molecular weight excluding hydrogens is 520 g/mol. The van der Waals surface area contributed by atoms with Crippen LogP contribution in [0.1, 0.15) is 30.4 Å². The maximum atomic E-state index is 14.0. The van der Waals surface area contributed by atoms with Crippen LogP contribution in [0.15, 0.2) is 57.6 Å². The highest BCUT2D eigenvalue weighted by molar-refractivity contribution is 6.01. The zero-order valence-corrected chi connectivity index (χ0v) is 21.8. The zero-order valence-electron chi connectivity index (χ0n) is 21.8. The van der Waals surface area contributed by atoms with Crippen LogP contribution in [-0.2, 0) is 20.9 Å². The molecule has 1 saturated heterocycles. The van der Waals surface area contributed by atoms with Crippen LogP contribution in [0.4, 0.5) is 5.69 Å². The SMILES string of the molecule is Cc1ccc(-c2nnn(CC(=O)N(c3ccc4c(c3)OCCO4)[C@@H](C(=O)NC[C@@H]3CCCO3)c3ccco3)n2)o1. The molecule has 2 aliphatic rings. The number of nitrogens with zero attached hydrogens (tertiary/aromatic N) is 5. The van der Waals surface area contributed by atoms with E-state index < -0.39 is 17.9 Å². The molecule has 0 radical (unpaired) electrons. The van der Waals surface area contributed by atoms with Gasteiger partial charge in [0.25, 0.3) is 11.8 Å². The average Bonchev–Trinajstić information content (AvgIpc) is 3.78. The van der Waals surface area contributed by atoms with Gasteiger partial charge in [0.2, 0.25) is 5.82 Å². The standard InChI is InChI=1S/C27H28N6O7/c1-17-6-8-22(40-17)26-29-31-32(30-26)16-24(34)33(18-7-9-20-23(14-18)39-13-12-38-20)25(21-5-3-11-37-21)27(35)28-15-19-4-2-10-36-19/h3,5-9,11,14,19,25H,2,4,10,12-13,15-16H2,1H3,(H,28,35)/t19-,25+/m0/s1. The van der Waals surface area contributed by atoms with Crippen LogP contribution in [0.3, 0.4) is 0 Å². The Morgan fingerprint density at radius 2 is 2.00 bits per heavy atom. The predicted molar refractivity (Wildman–Crippen MR) is 139 cm³/mol. The first-order valence-corrected chi connectivity index (χ1v) is 13.0. The van der Waals surface area contributed by atoms with Gasteiger partial charge in [-0.15, -0.1) is 10.2 Å². The highest BCUT2D eigenvalue weighted by atomic mass is 16.6. The molecule has 13 nitrogen and oxygen atoms in total. The molecule has 0 spiro atoms. The van der Waals surface area contributed by atoms with Gasteiger partial charge >= 0.3 is 0 Å². The van der Waals surface area contributed by atoms with E-state index in [9.17, 15) is 9.59 Å². The molecular formula is C27H28N6O7. The summed E-state index contributed by atoms with van der Waals surface area (Å²) in [4.78, 5) is 30.2. The molecule has 0 aliphatic carbocycles. The number of aryl methyl sites for hydroxylation is 1. The third-order valence-electron chi connectivity index (χ3n) is 6.61. The first-order chi connectivity index (χ1) is 19.5. The second kappa shape index (κ2) is 11.2. The molecule has 6 rings (SSSR count). The van der Waals surface area contributed by atoms with Crippen LogP contribution >= 0.6 is 0 Å². The number of carbonyl (C=O) groups is 2. The van der Waals surface area contributed by atoms with E-state index in [0.717, 1.165) is 17.6 Å². The fraction of sp³-hybridized carbons (Fsp3) is 0.370. The van der Waals surface area contributed by atoms with Crippen LogP contribution in [0.25, 0.3) is 11.6 Å². The molecule has 0 unspecified atom stereocenters. The largest absolute Gasteiger partial charge is 0.486 e. The number of hydrogen-bond acceptors (Lipinski definition) is 10. The van der Waals surface area contributed by atoms with Crippen molar-refractivity contribution in [2.24, 2.45) is 0 Å². The molecule has 0 bridgehead atoms. The highest BCUT2D eigenvalue weighted by Gasteiger charge is 2.36. The van der Waals surface area contributed by atoms with Crippen LogP contribution in [0.2, 0.25) is 0 Å². The summed E-state index contributed by atoms with van der Waals surface area (Å²) in [5.41, 5.74) is 0.407. The van der Waals surface area contributed by atoms with Crippen molar-refractivity contribution in [3.63, 3.8) is 0 Å². The van der Waals surface area contributed by atoms with E-state index in [-0.39, 0.29) is 24.2 Å². The van der Waals surface area contributed by atoms with Gasteiger partial charge in [0, 0.05) is 24.9 Å². The smallest absolute Gasteiger partial charge is 0.251 e. The molecule has 3 aromatic heterocycles. The third kappa shape index (κ3) is 5.41. The normalized spacial score (nSPS) is 17.0. The first kappa shape index (κ1) is 25.6. The summed E-state index contributed by atoms with van der Waals surface area (Å²) in [5.74, 6) is 1.77. The fourth-order valence-electron chi connectivity index (χ4n) is 4.72. The van der Waals surface area contributed by atoms with Crippen LogP contribution < -0.4 is 19.7 Å². The third-order valence-corrected chi connectivity index (χ3v) is 6.61. The Bertz CT molecular complexity index is 1470. The second-order valence-corrected chi connectivity index (χ2v) is 9.44. The molecule has 40 heavy (non-hydrogen) atoms. The lowest BCUT2D eigenvalue weighted by Crippen LogP contribution is -2.46. The Kier molecular flexibility index (Phi) is 7.19. The van der Waals surface area contributed by atoms with Gasteiger partial charge in [0.15, 0.2) is 23.3 Å². The van der Waals surface area contributed by atoms with Gasteiger partial charge in [-0.3, -0.25) is 14.5 Å². The summed E-state index contributed by atoms with van der Waals surface area (Å²) in [6, 6.07) is 10.8. The predicted octanol–water partition coefficient (Wildman–Crippen LogP) is 2.68. The minimum absolute atomic E-state index is 0.0809. The lowest BCUT2D eigenvalue weighted by Gasteiger charge is -2.31. The minimum Gasteiger partial charge on any atom is -0.486 e. The van der Waals surface area contributed by atoms with E-state index >= 15 is 0 Å². The summed E-state index contributed by atoms with van der Waals surface area (Å²) < 4.78 is 28.3. The zero-order chi connectivity index (χ0) is 27.5. The molecule has 1 aromatic carbocycles. The van der Waals surface area contributed by atoms with E-state index in [2.05, 4.69) is 20.7 Å². The number of tetrazole rings is 1. The number of furan rings is 2. The molecule has 4 aromatic rings. The van der Waals surface area contributed by atoms with Gasteiger partial charge < -0.3 is 28.4 Å². The molecule has 208 valence electrons. The Hall–Kier alpha value is -4.65. The van der Waals surface area contributed by atoms with E-state index in [1.54, 1.807) is 49.4 Å². The molecule has 5 heterocycles. The van der Waals surface area contributed by atoms with Crippen LogP contribution in [0, 0.1) is 6.92 Å². The number of anilines is 1. The number of rotatable bonds is 9. The van der Waals surface area contributed by atoms with Gasteiger partial charge in [-0.1, -0.05) is 0 Å². The van der Waals surface area contributed by atoms with Crippen molar-refractivity contribution in [3.05, 3.63) is 60.2 Å². The van der Waals surface area contributed by atoms with Crippen molar-refractivity contribution in [3.8, 4) is 23.1 Å². The minimum atomic E-state index is -1.14. The van der Waals surface area contributed by atoms with E-state index in [4.69, 9.17) is 23.0 Å². The average molecular weight is 549 g/mol. The van der Waals surface area contributed by atoms with E-state index in [0.29, 0.717) is 55.1 Å². The summed E-state index contributed by atoms with van der Waals surface area (Å²) in [6.45, 7) is 3.26. The summed E-state index contributed by atoms with van der Waals surface area (Å²) in [5, 5.41) is 15.3. The number of hydrogen-bond donors (Lipinski definition) is 1. The Morgan fingerprint density at radius 1 is 1.12 bits per heavy atom. The van der Waals surface area contributed by atoms with Gasteiger partial charge in [0.05, 0.1) is 12.4 Å². The van der Waals surface area contributed by atoms with Crippen LogP contribution in [0.5, 0.6) is 11.5 Å². The van der Waals surface area contributed by atoms with Crippen LogP contribution in [-0.4, -0.2) is 64.5 Å². The lowest BCUT2D eigenvalue weighted by atomic mass is 10.1. The summed E-state index contributed by atoms with van der Waals surface area (Å²) in [7, 11) is 0. The molecule has 2 atom stereocenters. The van der Waals surface area contributed by atoms with E-state index in [1.165, 1.54) is 11.2 Å². The second-order valence-electron chi connectivity index (χ2n) is 9.44. The van der Waals surface area contributed by atoms with Crippen molar-refractivity contribution in [1.82, 2.24) is 25.5 Å². The van der Waals surface area contributed by atoms with Gasteiger partial charge in [-0.05, 0) is 61.4 Å². The van der Waals surface area contributed by atoms with Gasteiger partial charge in [-0.25, -0.2) is 0 Å². The van der Waals surface area contributed by atoms with Gasteiger partial charge in [-0.2, -0.15) is 4.80 Å². The number of carbonyl (C=O) groups excluding carboxylic acids is 2. The Labute approximate surface area is 229 Å². The topological polar surface area (TPSA) is 147 Å². The van der Waals surface area contributed by atoms with Crippen molar-refractivity contribution in [2.75, 3.05) is 31.3 Å². The number of nitrogens with one attached hydrogen (secondary N) is 1. The molecule has 1 fully saturated rings. The lowest BCUT2D eigenvalue weighted by molar-refractivity contribution is -0.127. The maximum absolute atomic E-state index is 14.0. The van der Waals surface area contributed by atoms with Gasteiger partial charge in [0.1, 0.15) is 31.3 Å².